The summed E-state index contributed by atoms with van der Waals surface area (Å²) in [6.07, 6.45) is 4.81. The van der Waals surface area contributed by atoms with Crippen molar-refractivity contribution < 1.29 is 8.42 Å². The first-order valence-electron chi connectivity index (χ1n) is 7.70. The molecule has 1 atom stereocenters. The summed E-state index contributed by atoms with van der Waals surface area (Å²) in [4.78, 5) is 0.442. The minimum Gasteiger partial charge on any atom is -0.207 e. The van der Waals surface area contributed by atoms with E-state index in [0.717, 1.165) is 36.8 Å². The number of hydrogen-bond acceptors (Lipinski definition) is 2. The fraction of sp³-hybridized carbons (Fsp3) is 0.625. The summed E-state index contributed by atoms with van der Waals surface area (Å²) < 4.78 is 27.8. The highest BCUT2D eigenvalue weighted by Crippen LogP contribution is 2.28. The molecule has 0 aliphatic carbocycles. The van der Waals surface area contributed by atoms with Crippen molar-refractivity contribution in [2.24, 2.45) is 0 Å². The number of halogens is 1. The molecule has 21 heavy (non-hydrogen) atoms. The van der Waals surface area contributed by atoms with Crippen LogP contribution < -0.4 is 0 Å². The SMILES string of the molecule is CCc1ccc(CCl)cc1S(=O)(=O)N1CCCCCC1C. The van der Waals surface area contributed by atoms with Crippen molar-refractivity contribution >= 4 is 21.6 Å². The lowest BCUT2D eigenvalue weighted by Crippen LogP contribution is -2.38. The molecule has 0 aromatic heterocycles. The van der Waals surface area contributed by atoms with Gasteiger partial charge in [-0.25, -0.2) is 8.42 Å². The van der Waals surface area contributed by atoms with E-state index in [1.165, 1.54) is 0 Å². The van der Waals surface area contributed by atoms with Crippen molar-refractivity contribution in [1.29, 1.82) is 0 Å². The van der Waals surface area contributed by atoms with Gasteiger partial charge in [0.1, 0.15) is 0 Å². The van der Waals surface area contributed by atoms with Crippen molar-refractivity contribution in [2.45, 2.75) is 62.8 Å². The second kappa shape index (κ2) is 7.12. The standard InChI is InChI=1S/C16H24ClNO2S/c1-3-15-9-8-14(12-17)11-16(15)21(19,20)18-10-6-4-5-7-13(18)2/h8-9,11,13H,3-7,10,12H2,1-2H3. The first kappa shape index (κ1) is 16.8. The van der Waals surface area contributed by atoms with Gasteiger partial charge in [-0.15, -0.1) is 11.6 Å². The molecule has 118 valence electrons. The molecule has 1 fully saturated rings. The average molecular weight is 330 g/mol. The summed E-state index contributed by atoms with van der Waals surface area (Å²) in [6.45, 7) is 4.62. The lowest BCUT2D eigenvalue weighted by molar-refractivity contribution is 0.342. The van der Waals surface area contributed by atoms with Crippen LogP contribution in [0, 0.1) is 0 Å². The summed E-state index contributed by atoms with van der Waals surface area (Å²) in [6, 6.07) is 5.63. The number of aryl methyl sites for hydroxylation is 1. The topological polar surface area (TPSA) is 37.4 Å². The molecule has 0 amide bonds. The van der Waals surface area contributed by atoms with Crippen LogP contribution in [0.2, 0.25) is 0 Å². The van der Waals surface area contributed by atoms with E-state index in [4.69, 9.17) is 11.6 Å². The molecule has 1 unspecified atom stereocenters. The van der Waals surface area contributed by atoms with Gasteiger partial charge in [-0.1, -0.05) is 31.9 Å². The van der Waals surface area contributed by atoms with Crippen LogP contribution in [0.1, 0.15) is 50.7 Å². The molecular weight excluding hydrogens is 306 g/mol. The maximum atomic E-state index is 13.1. The summed E-state index contributed by atoms with van der Waals surface area (Å²) in [7, 11) is -3.44. The molecule has 0 radical (unpaired) electrons. The van der Waals surface area contributed by atoms with Crippen LogP contribution >= 0.6 is 11.6 Å². The lowest BCUT2D eigenvalue weighted by atomic mass is 10.1. The fourth-order valence-corrected chi connectivity index (χ4v) is 5.16. The van der Waals surface area contributed by atoms with Crippen molar-refractivity contribution in [1.82, 2.24) is 4.31 Å². The largest absolute Gasteiger partial charge is 0.243 e. The third-order valence-corrected chi connectivity index (χ3v) is 6.65. The molecule has 2 rings (SSSR count). The summed E-state index contributed by atoms with van der Waals surface area (Å²) in [5.74, 6) is 0.335. The maximum Gasteiger partial charge on any atom is 0.243 e. The van der Waals surface area contributed by atoms with Crippen molar-refractivity contribution in [3.63, 3.8) is 0 Å². The van der Waals surface area contributed by atoms with Crippen LogP contribution in [-0.2, 0) is 22.3 Å². The third kappa shape index (κ3) is 3.61. The Hall–Kier alpha value is -0.580. The molecule has 0 spiro atoms. The zero-order valence-corrected chi connectivity index (χ0v) is 14.4. The molecule has 1 aromatic rings. The lowest BCUT2D eigenvalue weighted by Gasteiger charge is -2.27. The Morgan fingerprint density at radius 1 is 1.29 bits per heavy atom. The van der Waals surface area contributed by atoms with Gasteiger partial charge in [-0.2, -0.15) is 4.31 Å². The summed E-state index contributed by atoms with van der Waals surface area (Å²) >= 11 is 5.88. The Morgan fingerprint density at radius 3 is 2.71 bits per heavy atom. The molecule has 1 aliphatic rings. The Labute approximate surface area is 133 Å². The molecule has 1 aromatic carbocycles. The van der Waals surface area contributed by atoms with Crippen molar-refractivity contribution in [3.05, 3.63) is 29.3 Å². The number of nitrogens with zero attached hydrogens (tertiary/aromatic N) is 1. The van der Waals surface area contributed by atoms with Crippen LogP contribution in [0.3, 0.4) is 0 Å². The van der Waals surface area contributed by atoms with Gasteiger partial charge in [0.15, 0.2) is 0 Å². The predicted octanol–water partition coefficient (Wildman–Crippen LogP) is 3.94. The van der Waals surface area contributed by atoms with E-state index >= 15 is 0 Å². The van der Waals surface area contributed by atoms with E-state index in [0.29, 0.717) is 23.7 Å². The van der Waals surface area contributed by atoms with Crippen LogP contribution in [0.4, 0.5) is 0 Å². The zero-order chi connectivity index (χ0) is 15.5. The molecular formula is C16H24ClNO2S. The Morgan fingerprint density at radius 2 is 2.05 bits per heavy atom. The fourth-order valence-electron chi connectivity index (χ4n) is 2.95. The van der Waals surface area contributed by atoms with Gasteiger partial charge in [0.25, 0.3) is 0 Å². The average Bonchev–Trinajstić information content (AvgIpc) is 2.71. The highest BCUT2D eigenvalue weighted by atomic mass is 35.5. The number of sulfonamides is 1. The number of rotatable bonds is 4. The number of alkyl halides is 1. The van der Waals surface area contributed by atoms with E-state index in [-0.39, 0.29) is 6.04 Å². The first-order chi connectivity index (χ1) is 10.0. The summed E-state index contributed by atoms with van der Waals surface area (Å²) in [5.41, 5.74) is 1.73. The molecule has 1 heterocycles. The van der Waals surface area contributed by atoms with Gasteiger partial charge >= 0.3 is 0 Å². The van der Waals surface area contributed by atoms with E-state index in [2.05, 4.69) is 0 Å². The molecule has 5 heteroatoms. The van der Waals surface area contributed by atoms with Crippen LogP contribution in [0.15, 0.2) is 23.1 Å². The van der Waals surface area contributed by atoms with E-state index in [1.807, 2.05) is 26.0 Å². The van der Waals surface area contributed by atoms with Gasteiger partial charge in [-0.05, 0) is 43.4 Å². The van der Waals surface area contributed by atoms with Crippen LogP contribution in [0.5, 0.6) is 0 Å². The van der Waals surface area contributed by atoms with Gasteiger partial charge < -0.3 is 0 Å². The second-order valence-corrected chi connectivity index (χ2v) is 7.87. The molecule has 0 N–H and O–H groups in total. The molecule has 1 aliphatic heterocycles. The predicted molar refractivity (Wildman–Crippen MR) is 87.2 cm³/mol. The second-order valence-electron chi connectivity index (χ2n) is 5.74. The normalized spacial score (nSPS) is 21.2. The van der Waals surface area contributed by atoms with Crippen LogP contribution in [0.25, 0.3) is 0 Å². The van der Waals surface area contributed by atoms with Crippen LogP contribution in [-0.4, -0.2) is 25.3 Å². The van der Waals surface area contributed by atoms with Gasteiger partial charge in [-0.3, -0.25) is 0 Å². The van der Waals surface area contributed by atoms with Gasteiger partial charge in [0.05, 0.1) is 4.90 Å². The van der Waals surface area contributed by atoms with Crippen molar-refractivity contribution in [2.75, 3.05) is 6.54 Å². The zero-order valence-electron chi connectivity index (χ0n) is 12.8. The maximum absolute atomic E-state index is 13.1. The number of benzene rings is 1. The quantitative estimate of drug-likeness (QED) is 0.784. The summed E-state index contributed by atoms with van der Waals surface area (Å²) in [5, 5.41) is 0. The first-order valence-corrected chi connectivity index (χ1v) is 9.67. The van der Waals surface area contributed by atoms with Gasteiger partial charge in [0, 0.05) is 18.5 Å². The van der Waals surface area contributed by atoms with E-state index in [9.17, 15) is 8.42 Å². The van der Waals surface area contributed by atoms with Crippen molar-refractivity contribution in [3.8, 4) is 0 Å². The van der Waals surface area contributed by atoms with Gasteiger partial charge in [0.2, 0.25) is 10.0 Å². The molecule has 1 saturated heterocycles. The van der Waals surface area contributed by atoms with E-state index in [1.54, 1.807) is 10.4 Å². The monoisotopic (exact) mass is 329 g/mol. The third-order valence-electron chi connectivity index (χ3n) is 4.25. The smallest absolute Gasteiger partial charge is 0.207 e. The number of hydrogen-bond donors (Lipinski definition) is 0. The molecule has 3 nitrogen and oxygen atoms in total. The Bertz CT molecular complexity index is 586. The highest BCUT2D eigenvalue weighted by molar-refractivity contribution is 7.89. The Balaban J connectivity index is 2.46. The highest BCUT2D eigenvalue weighted by Gasteiger charge is 2.31. The molecule has 0 bridgehead atoms. The minimum absolute atomic E-state index is 0.0712. The Kier molecular flexibility index (Phi) is 5.69. The minimum atomic E-state index is -3.44. The van der Waals surface area contributed by atoms with E-state index < -0.39 is 10.0 Å². The molecule has 0 saturated carbocycles.